The standard InChI is InChI=1S/C11H12Cl4O3/c1-16-11(17-2)9(14)5-3-18-4-6(5)10(11,15)8(13)7(9)12/h5-6H,3-4H2,1-2H3/t5-,6+,9-,10-/m0/s1. The Morgan fingerprint density at radius 3 is 1.72 bits per heavy atom. The molecule has 3 rings (SSSR count). The summed E-state index contributed by atoms with van der Waals surface area (Å²) in [6.45, 7) is 0.939. The lowest BCUT2D eigenvalue weighted by molar-refractivity contribution is -0.223. The Bertz CT molecular complexity index is 402. The van der Waals surface area contributed by atoms with E-state index in [4.69, 9.17) is 60.6 Å². The summed E-state index contributed by atoms with van der Waals surface area (Å²) in [4.78, 5) is -2.20. The van der Waals surface area contributed by atoms with Crippen LogP contribution in [-0.4, -0.2) is 43.0 Å². The molecule has 2 fully saturated rings. The maximum Gasteiger partial charge on any atom is 0.217 e. The van der Waals surface area contributed by atoms with E-state index in [0.29, 0.717) is 23.3 Å². The molecule has 2 bridgehead atoms. The van der Waals surface area contributed by atoms with E-state index in [9.17, 15) is 0 Å². The summed E-state index contributed by atoms with van der Waals surface area (Å²) in [5.41, 5.74) is 0. The monoisotopic (exact) mass is 332 g/mol. The second-order valence-corrected chi connectivity index (χ2v) is 6.78. The van der Waals surface area contributed by atoms with Gasteiger partial charge in [0.1, 0.15) is 9.75 Å². The quantitative estimate of drug-likeness (QED) is 0.574. The molecule has 0 spiro atoms. The van der Waals surface area contributed by atoms with Gasteiger partial charge in [-0.05, 0) is 0 Å². The lowest BCUT2D eigenvalue weighted by atomic mass is 9.85. The fourth-order valence-electron chi connectivity index (χ4n) is 3.70. The lowest BCUT2D eigenvalue weighted by Gasteiger charge is -2.41. The third-order valence-corrected chi connectivity index (χ3v) is 7.17. The second-order valence-electron chi connectivity index (χ2n) is 4.83. The van der Waals surface area contributed by atoms with Crippen molar-refractivity contribution in [1.29, 1.82) is 0 Å². The first kappa shape index (κ1) is 13.7. The van der Waals surface area contributed by atoms with Crippen molar-refractivity contribution in [1.82, 2.24) is 0 Å². The van der Waals surface area contributed by atoms with Gasteiger partial charge in [-0.25, -0.2) is 0 Å². The van der Waals surface area contributed by atoms with E-state index in [0.717, 1.165) is 0 Å². The van der Waals surface area contributed by atoms with E-state index in [1.54, 1.807) is 0 Å². The number of rotatable bonds is 2. The maximum atomic E-state index is 6.77. The molecule has 3 aliphatic rings. The van der Waals surface area contributed by atoms with E-state index in [1.165, 1.54) is 14.2 Å². The fraction of sp³-hybridized carbons (Fsp3) is 0.818. The molecular weight excluding hydrogens is 322 g/mol. The minimum absolute atomic E-state index is 0.0773. The highest BCUT2D eigenvalue weighted by Crippen LogP contribution is 2.74. The third kappa shape index (κ3) is 1.06. The molecule has 0 amide bonds. The Balaban J connectivity index is 2.29. The Morgan fingerprint density at radius 1 is 1.00 bits per heavy atom. The number of hydrogen-bond acceptors (Lipinski definition) is 3. The van der Waals surface area contributed by atoms with Gasteiger partial charge in [0.15, 0.2) is 0 Å². The van der Waals surface area contributed by atoms with Gasteiger partial charge in [-0.1, -0.05) is 23.2 Å². The third-order valence-electron chi connectivity index (χ3n) is 4.47. The normalized spacial score (nSPS) is 49.0. The summed E-state index contributed by atoms with van der Waals surface area (Å²) in [5, 5.41) is 0.604. The van der Waals surface area contributed by atoms with Crippen molar-refractivity contribution in [2.45, 2.75) is 15.5 Å². The van der Waals surface area contributed by atoms with Crippen molar-refractivity contribution in [3.05, 3.63) is 10.1 Å². The molecule has 1 aliphatic heterocycles. The molecule has 0 unspecified atom stereocenters. The smallest absolute Gasteiger partial charge is 0.217 e. The van der Waals surface area contributed by atoms with Crippen LogP contribution in [0, 0.1) is 11.8 Å². The average Bonchev–Trinajstić information content (AvgIpc) is 2.94. The Hall–Kier alpha value is 0.780. The molecule has 3 nitrogen and oxygen atoms in total. The second kappa shape index (κ2) is 3.91. The Morgan fingerprint density at radius 2 is 1.39 bits per heavy atom. The number of hydrogen-bond donors (Lipinski definition) is 0. The highest BCUT2D eigenvalue weighted by atomic mass is 35.5. The van der Waals surface area contributed by atoms with Crippen LogP contribution in [0.25, 0.3) is 0 Å². The molecule has 7 heteroatoms. The first-order valence-corrected chi connectivity index (χ1v) is 7.05. The highest BCUT2D eigenvalue weighted by molar-refractivity contribution is 6.52. The molecular formula is C11H12Cl4O3. The molecule has 18 heavy (non-hydrogen) atoms. The van der Waals surface area contributed by atoms with Crippen molar-refractivity contribution < 1.29 is 14.2 Å². The van der Waals surface area contributed by atoms with Crippen LogP contribution in [0.1, 0.15) is 0 Å². The van der Waals surface area contributed by atoms with Gasteiger partial charge in [0, 0.05) is 26.1 Å². The molecule has 2 aliphatic carbocycles. The highest BCUT2D eigenvalue weighted by Gasteiger charge is 2.85. The number of halogens is 4. The van der Waals surface area contributed by atoms with Crippen molar-refractivity contribution >= 4 is 46.4 Å². The van der Waals surface area contributed by atoms with Gasteiger partial charge in [0.05, 0.1) is 23.3 Å². The fourth-order valence-corrected chi connectivity index (χ4v) is 5.90. The van der Waals surface area contributed by atoms with Gasteiger partial charge < -0.3 is 14.2 Å². The van der Waals surface area contributed by atoms with E-state index >= 15 is 0 Å². The zero-order chi connectivity index (χ0) is 13.3. The number of alkyl halides is 2. The average molecular weight is 334 g/mol. The number of ether oxygens (including phenoxy) is 3. The van der Waals surface area contributed by atoms with Crippen molar-refractivity contribution in [2.24, 2.45) is 11.8 Å². The van der Waals surface area contributed by atoms with Gasteiger partial charge in [-0.15, -0.1) is 23.2 Å². The van der Waals surface area contributed by atoms with Gasteiger partial charge in [0.25, 0.3) is 0 Å². The van der Waals surface area contributed by atoms with Crippen molar-refractivity contribution in [3.8, 4) is 0 Å². The summed E-state index contributed by atoms with van der Waals surface area (Å²) < 4.78 is 16.6. The topological polar surface area (TPSA) is 27.7 Å². The molecule has 0 aromatic heterocycles. The molecule has 1 heterocycles. The lowest BCUT2D eigenvalue weighted by Crippen LogP contribution is -2.58. The van der Waals surface area contributed by atoms with Gasteiger partial charge in [-0.3, -0.25) is 0 Å². The molecule has 1 saturated heterocycles. The molecule has 0 aromatic carbocycles. The summed E-state index contributed by atoms with van der Waals surface area (Å²) in [6, 6.07) is 0. The van der Waals surface area contributed by atoms with Crippen LogP contribution in [0.4, 0.5) is 0 Å². The minimum Gasteiger partial charge on any atom is -0.381 e. The van der Waals surface area contributed by atoms with E-state index < -0.39 is 15.5 Å². The van der Waals surface area contributed by atoms with Crippen LogP contribution in [0.3, 0.4) is 0 Å². The summed E-state index contributed by atoms with van der Waals surface area (Å²) in [6.07, 6.45) is 0. The molecule has 1 saturated carbocycles. The minimum atomic E-state index is -1.27. The van der Waals surface area contributed by atoms with Crippen LogP contribution in [-0.2, 0) is 14.2 Å². The summed E-state index contributed by atoms with van der Waals surface area (Å²) in [5.74, 6) is -1.42. The first-order valence-electron chi connectivity index (χ1n) is 5.54. The zero-order valence-corrected chi connectivity index (χ0v) is 12.8. The van der Waals surface area contributed by atoms with Gasteiger partial charge in [-0.2, -0.15) is 0 Å². The van der Waals surface area contributed by atoms with Crippen LogP contribution >= 0.6 is 46.4 Å². The molecule has 102 valence electrons. The summed E-state index contributed by atoms with van der Waals surface area (Å²) in [7, 11) is 3.00. The van der Waals surface area contributed by atoms with E-state index in [-0.39, 0.29) is 11.8 Å². The first-order chi connectivity index (χ1) is 8.41. The summed E-state index contributed by atoms with van der Waals surface area (Å²) >= 11 is 26.2. The SMILES string of the molecule is COC1(OC)[C@@]2(Cl)C(Cl)=C(Cl)[C@@]1(Cl)[C@H]1COC[C@H]12. The van der Waals surface area contributed by atoms with Crippen molar-refractivity contribution in [3.63, 3.8) is 0 Å². The van der Waals surface area contributed by atoms with Crippen molar-refractivity contribution in [2.75, 3.05) is 27.4 Å². The molecule has 0 N–H and O–H groups in total. The molecule has 4 atom stereocenters. The zero-order valence-electron chi connectivity index (χ0n) is 9.81. The maximum absolute atomic E-state index is 6.77. The predicted octanol–water partition coefficient (Wildman–Crippen LogP) is 2.91. The predicted molar refractivity (Wildman–Crippen MR) is 70.4 cm³/mol. The van der Waals surface area contributed by atoms with Gasteiger partial charge in [0.2, 0.25) is 5.79 Å². The molecule has 0 aromatic rings. The van der Waals surface area contributed by atoms with Gasteiger partial charge >= 0.3 is 0 Å². The Labute approximate surface area is 125 Å². The van der Waals surface area contributed by atoms with Crippen LogP contribution in [0.15, 0.2) is 10.1 Å². The van der Waals surface area contributed by atoms with Crippen LogP contribution in [0.5, 0.6) is 0 Å². The van der Waals surface area contributed by atoms with E-state index in [1.807, 2.05) is 0 Å². The molecule has 0 radical (unpaired) electrons. The van der Waals surface area contributed by atoms with E-state index in [2.05, 4.69) is 0 Å². The Kier molecular flexibility index (Phi) is 2.99. The number of fused-ring (bicyclic) bond motifs is 5. The van der Waals surface area contributed by atoms with Crippen LogP contribution in [0.2, 0.25) is 0 Å². The number of methoxy groups -OCH3 is 2. The van der Waals surface area contributed by atoms with Crippen LogP contribution < -0.4 is 0 Å². The largest absolute Gasteiger partial charge is 0.381 e.